The SMILES string of the molecule is CC(C)c1ccc(-c2cc3c4cc(C#N)c(C#N)cc4c4cc(-c5ccc(C(C)C)cc5)c5ccccc5c4c3c3ccccc23)cc1.Cc1ccc(-c2cc3c4cc(C#N)c(C#N)cc4c4cc(-c5ccc(C)cc5)c5ccccc5c4c3c3ccccc23)cc1.N#Cc1cc2c(cc1C#N)c1cc(-c3ccccc3)c3ccccc3c1c1c3ccccc3c(-c3ccccc3)cc21. The summed E-state index contributed by atoms with van der Waals surface area (Å²) in [5.74, 6) is 0.903. The number of hydrogen-bond acceptors (Lipinski definition) is 6. The van der Waals surface area contributed by atoms with Crippen molar-refractivity contribution in [3.63, 3.8) is 0 Å². The van der Waals surface area contributed by atoms with E-state index in [1.54, 1.807) is 0 Å². The number of fused-ring (bicyclic) bond motifs is 30. The summed E-state index contributed by atoms with van der Waals surface area (Å²) in [5.41, 5.74) is 21.2. The predicted molar refractivity (Wildman–Crippen MR) is 560 cm³/mol. The molecule has 0 atom stereocenters. The van der Waals surface area contributed by atoms with Gasteiger partial charge < -0.3 is 0 Å². The maximum absolute atomic E-state index is 10.2. The molecule has 24 rings (SSSR count). The second-order valence-electron chi connectivity index (χ2n) is 35.9. The van der Waals surface area contributed by atoms with Crippen LogP contribution in [0.2, 0.25) is 0 Å². The molecule has 624 valence electrons. The molecular formula is C128H82N6. The maximum Gasteiger partial charge on any atom is 0.101 e. The second kappa shape index (κ2) is 33.3. The highest BCUT2D eigenvalue weighted by Gasteiger charge is 2.27. The molecule has 134 heavy (non-hydrogen) atoms. The van der Waals surface area contributed by atoms with Gasteiger partial charge in [0.2, 0.25) is 0 Å². The standard InChI is InChI=1S/C46H34N2.C42H26N2.C40H22N2/c1-27(2)29-13-17-31(18-14-29)39-23-43-41-21-33(25-47)34(26-48)22-42(41)44-24-40(32-19-15-30(16-20-32)28(3)4)36-10-6-8-12-38(36)46(44)45(43)37-11-7-5-9-35(37)39;1-25-11-15-27(16-12-25)35-21-39-37-19-29(23-43)30(24-44)20-38(37)40-22-36(28-17-13-26(2)14-18-28)32-8-4-6-10-34(32)42(40)41(39)33-9-5-3-7-31(33)35;41-23-27-19-35-36(20-28(27)24-42)38-22-34(26-13-5-2-6-14-26)30-16-8-10-18-32(30)40(38)39-31-17-9-7-15-29(31)33(21-37(35)39)25-11-3-1-4-12-25/h5-24,27-28H,1-4H3;3-22H,1-2H3;1-22H. The van der Waals surface area contributed by atoms with E-state index in [9.17, 15) is 31.6 Å². The van der Waals surface area contributed by atoms with E-state index < -0.39 is 0 Å². The molecule has 0 heterocycles. The molecule has 0 saturated carbocycles. The molecule has 0 fully saturated rings. The number of aryl methyl sites for hydroxylation is 2. The predicted octanol–water partition coefficient (Wildman–Crippen LogP) is 34.5. The van der Waals surface area contributed by atoms with Crippen LogP contribution >= 0.6 is 0 Å². The van der Waals surface area contributed by atoms with Gasteiger partial charge in [-0.3, -0.25) is 0 Å². The Hall–Kier alpha value is -17.9. The van der Waals surface area contributed by atoms with E-state index >= 15 is 0 Å². The largest absolute Gasteiger partial charge is 0.192 e. The Balaban J connectivity index is 0.000000117. The second-order valence-corrected chi connectivity index (χ2v) is 35.9. The molecular weight excluding hydrogens is 1620 g/mol. The van der Waals surface area contributed by atoms with Crippen molar-refractivity contribution in [3.8, 4) is 103 Å². The van der Waals surface area contributed by atoms with E-state index in [4.69, 9.17) is 0 Å². The lowest BCUT2D eigenvalue weighted by Gasteiger charge is -2.20. The topological polar surface area (TPSA) is 143 Å². The Bertz CT molecular complexity index is 8870. The van der Waals surface area contributed by atoms with Crippen molar-refractivity contribution < 1.29 is 0 Å². The van der Waals surface area contributed by atoms with Crippen LogP contribution in [0.4, 0.5) is 0 Å². The molecule has 0 radical (unpaired) electrons. The van der Waals surface area contributed by atoms with Gasteiger partial charge in [-0.2, -0.15) is 31.6 Å². The molecule has 0 saturated heterocycles. The Morgan fingerprint density at radius 3 is 0.485 bits per heavy atom. The lowest BCUT2D eigenvalue weighted by atomic mass is 9.83. The first kappa shape index (κ1) is 81.8. The molecule has 0 spiro atoms. The van der Waals surface area contributed by atoms with Gasteiger partial charge in [-0.25, -0.2) is 0 Å². The van der Waals surface area contributed by atoms with Crippen molar-refractivity contribution in [2.45, 2.75) is 53.4 Å². The highest BCUT2D eigenvalue weighted by Crippen LogP contribution is 2.53. The summed E-state index contributed by atoms with van der Waals surface area (Å²) in [5, 5.41) is 94.0. The molecule has 24 aromatic carbocycles. The van der Waals surface area contributed by atoms with Crippen LogP contribution in [0.5, 0.6) is 0 Å². The Kier molecular flexibility index (Phi) is 20.4. The quantitative estimate of drug-likeness (QED) is 0.139. The molecule has 6 heteroatoms. The minimum absolute atomic E-state index is 0.393. The van der Waals surface area contributed by atoms with Crippen molar-refractivity contribution >= 4 is 162 Å². The zero-order valence-corrected chi connectivity index (χ0v) is 74.6. The van der Waals surface area contributed by atoms with E-state index in [-0.39, 0.29) is 0 Å². The van der Waals surface area contributed by atoms with Crippen LogP contribution in [-0.4, -0.2) is 0 Å². The molecule has 24 aromatic rings. The average molecular weight is 1700 g/mol. The zero-order chi connectivity index (χ0) is 91.3. The Labute approximate surface area is 776 Å². The summed E-state index contributed by atoms with van der Waals surface area (Å²) in [6, 6.07) is 147. The number of rotatable bonds is 8. The highest BCUT2D eigenvalue weighted by atomic mass is 14.3. The Morgan fingerprint density at radius 1 is 0.157 bits per heavy atom. The van der Waals surface area contributed by atoms with Gasteiger partial charge in [-0.05, 0) is 338 Å². The van der Waals surface area contributed by atoms with Crippen LogP contribution in [0.3, 0.4) is 0 Å². The summed E-state index contributed by atoms with van der Waals surface area (Å²) < 4.78 is 0. The number of nitrogens with zero attached hydrogens (tertiary/aromatic N) is 6. The normalized spacial score (nSPS) is 11.4. The molecule has 0 bridgehead atoms. The van der Waals surface area contributed by atoms with Crippen LogP contribution in [0.15, 0.2) is 376 Å². The van der Waals surface area contributed by atoms with Crippen LogP contribution in [0, 0.1) is 81.8 Å². The fourth-order valence-electron chi connectivity index (χ4n) is 21.1. The van der Waals surface area contributed by atoms with Crippen LogP contribution in [0.25, 0.3) is 228 Å². The highest BCUT2D eigenvalue weighted by molar-refractivity contribution is 6.42. The van der Waals surface area contributed by atoms with Crippen molar-refractivity contribution in [2.75, 3.05) is 0 Å². The third-order valence-corrected chi connectivity index (χ3v) is 27.6. The van der Waals surface area contributed by atoms with Gasteiger partial charge in [-0.1, -0.05) is 342 Å². The van der Waals surface area contributed by atoms with E-state index in [0.29, 0.717) is 45.2 Å². The summed E-state index contributed by atoms with van der Waals surface area (Å²) in [7, 11) is 0. The molecule has 0 aromatic heterocycles. The first-order chi connectivity index (χ1) is 65.7. The molecule has 0 unspecified atom stereocenters. The maximum atomic E-state index is 10.2. The first-order valence-electron chi connectivity index (χ1n) is 45.5. The monoisotopic (exact) mass is 1700 g/mol. The summed E-state index contributed by atoms with van der Waals surface area (Å²) in [6.45, 7) is 13.1. The van der Waals surface area contributed by atoms with Crippen LogP contribution < -0.4 is 0 Å². The molecule has 0 aliphatic carbocycles. The van der Waals surface area contributed by atoms with Gasteiger partial charge in [-0.15, -0.1) is 0 Å². The summed E-state index contributed by atoms with van der Waals surface area (Å²) in [6.07, 6.45) is 0. The lowest BCUT2D eigenvalue weighted by molar-refractivity contribution is 0.867. The van der Waals surface area contributed by atoms with Crippen molar-refractivity contribution in [1.82, 2.24) is 0 Å². The lowest BCUT2D eigenvalue weighted by Crippen LogP contribution is -1.94. The molecule has 6 nitrogen and oxygen atoms in total. The van der Waals surface area contributed by atoms with Crippen LogP contribution in [-0.2, 0) is 0 Å². The third-order valence-electron chi connectivity index (χ3n) is 27.6. The van der Waals surface area contributed by atoms with E-state index in [0.717, 1.165) is 142 Å². The molecule has 0 aliphatic heterocycles. The third kappa shape index (κ3) is 13.6. The van der Waals surface area contributed by atoms with Gasteiger partial charge in [0.05, 0.1) is 33.4 Å². The number of benzene rings is 24. The summed E-state index contributed by atoms with van der Waals surface area (Å²) in [4.78, 5) is 0. The van der Waals surface area contributed by atoms with Gasteiger partial charge in [0, 0.05) is 0 Å². The van der Waals surface area contributed by atoms with Crippen molar-refractivity contribution in [2.24, 2.45) is 0 Å². The van der Waals surface area contributed by atoms with Gasteiger partial charge in [0.25, 0.3) is 0 Å². The van der Waals surface area contributed by atoms with Gasteiger partial charge >= 0.3 is 0 Å². The van der Waals surface area contributed by atoms with Gasteiger partial charge in [0.1, 0.15) is 36.4 Å². The molecule has 0 N–H and O–H groups in total. The smallest absolute Gasteiger partial charge is 0.101 e. The Morgan fingerprint density at radius 2 is 0.313 bits per heavy atom. The summed E-state index contributed by atoms with van der Waals surface area (Å²) >= 11 is 0. The minimum atomic E-state index is 0.393. The molecule has 0 amide bonds. The fraction of sp³-hybridized carbons (Fsp3) is 0.0625. The van der Waals surface area contributed by atoms with E-state index in [1.165, 1.54) is 108 Å². The van der Waals surface area contributed by atoms with Crippen LogP contribution in [0.1, 0.15) is 95.2 Å². The number of nitriles is 6. The fourth-order valence-corrected chi connectivity index (χ4v) is 21.1. The van der Waals surface area contributed by atoms with E-state index in [2.05, 4.69) is 406 Å². The van der Waals surface area contributed by atoms with E-state index in [1.807, 2.05) is 48.5 Å². The number of hydrogen-bond donors (Lipinski definition) is 0. The molecule has 0 aliphatic rings. The average Bonchev–Trinajstić information content (AvgIpc) is 0.708. The first-order valence-corrected chi connectivity index (χ1v) is 45.5. The zero-order valence-electron chi connectivity index (χ0n) is 74.6. The van der Waals surface area contributed by atoms with Crippen molar-refractivity contribution in [1.29, 1.82) is 31.6 Å². The minimum Gasteiger partial charge on any atom is -0.192 e. The van der Waals surface area contributed by atoms with Gasteiger partial charge in [0.15, 0.2) is 0 Å². The van der Waals surface area contributed by atoms with Crippen molar-refractivity contribution in [3.05, 3.63) is 432 Å².